The van der Waals surface area contributed by atoms with Crippen molar-refractivity contribution >= 4 is 11.8 Å². The Balaban J connectivity index is 0.000000593. The number of aromatic nitrogens is 1. The Labute approximate surface area is 134 Å². The van der Waals surface area contributed by atoms with Crippen LogP contribution in [-0.4, -0.2) is 23.9 Å². The van der Waals surface area contributed by atoms with Crippen LogP contribution in [0, 0.1) is 5.92 Å². The molecule has 1 aromatic heterocycles. The highest BCUT2D eigenvalue weighted by molar-refractivity contribution is 5.61. The highest BCUT2D eigenvalue weighted by atomic mass is 19.4. The standard InChI is InChI=1S/C15H22N2O2.CHF3/c1-19-15-12(9-13(16)14(10-18)17-15)8-7-11-5-3-2-4-6-11;2-1(3)4/h7-9,11,18H,2-6,10,16H2,1H3;1H/b8-7+;. The Morgan fingerprint density at radius 3 is 2.48 bits per heavy atom. The zero-order valence-electron chi connectivity index (χ0n) is 13.1. The number of hydrogen-bond donors (Lipinski definition) is 2. The van der Waals surface area contributed by atoms with Crippen molar-refractivity contribution in [2.75, 3.05) is 12.8 Å². The van der Waals surface area contributed by atoms with E-state index in [9.17, 15) is 13.2 Å². The van der Waals surface area contributed by atoms with Gasteiger partial charge in [-0.2, -0.15) is 13.2 Å². The van der Waals surface area contributed by atoms with Gasteiger partial charge in [0.05, 0.1) is 25.1 Å². The van der Waals surface area contributed by atoms with Crippen LogP contribution in [0.4, 0.5) is 18.9 Å². The normalized spacial score (nSPS) is 15.6. The second-order valence-corrected chi connectivity index (χ2v) is 5.29. The summed E-state index contributed by atoms with van der Waals surface area (Å²) in [6.07, 6.45) is 10.8. The Morgan fingerprint density at radius 1 is 1.35 bits per heavy atom. The van der Waals surface area contributed by atoms with E-state index in [-0.39, 0.29) is 6.61 Å². The monoisotopic (exact) mass is 332 g/mol. The number of ether oxygens (including phenoxy) is 1. The Morgan fingerprint density at radius 2 is 1.96 bits per heavy atom. The van der Waals surface area contributed by atoms with E-state index in [0.29, 0.717) is 23.2 Å². The number of aliphatic hydroxyl groups excluding tert-OH is 1. The van der Waals surface area contributed by atoms with Crippen LogP contribution in [0.1, 0.15) is 43.4 Å². The number of nitrogens with two attached hydrogens (primary N) is 1. The number of nitrogen functional groups attached to an aromatic ring is 1. The summed E-state index contributed by atoms with van der Waals surface area (Å²) in [4.78, 5) is 4.22. The van der Waals surface area contributed by atoms with Crippen LogP contribution in [-0.2, 0) is 6.61 Å². The highest BCUT2D eigenvalue weighted by Gasteiger charge is 2.12. The maximum absolute atomic E-state index is 9.67. The third-order valence-corrected chi connectivity index (χ3v) is 3.67. The molecule has 1 aromatic rings. The van der Waals surface area contributed by atoms with E-state index in [0.717, 1.165) is 5.56 Å². The summed E-state index contributed by atoms with van der Waals surface area (Å²) in [6.45, 7) is -3.84. The van der Waals surface area contributed by atoms with Gasteiger partial charge in [-0.15, -0.1) is 0 Å². The fourth-order valence-electron chi connectivity index (χ4n) is 2.54. The molecule has 0 aromatic carbocycles. The Hall–Kier alpha value is -1.76. The molecule has 1 aliphatic carbocycles. The summed E-state index contributed by atoms with van der Waals surface area (Å²) < 4.78 is 34.3. The zero-order chi connectivity index (χ0) is 17.2. The largest absolute Gasteiger partial charge is 0.481 e. The molecule has 7 heteroatoms. The lowest BCUT2D eigenvalue weighted by Crippen LogP contribution is -2.04. The van der Waals surface area contributed by atoms with Gasteiger partial charge in [0.25, 0.3) is 0 Å². The van der Waals surface area contributed by atoms with Gasteiger partial charge in [-0.25, -0.2) is 4.98 Å². The summed E-state index contributed by atoms with van der Waals surface area (Å²) in [5, 5.41) is 9.15. The second-order valence-electron chi connectivity index (χ2n) is 5.29. The van der Waals surface area contributed by atoms with Crippen LogP contribution in [0.25, 0.3) is 6.08 Å². The van der Waals surface area contributed by atoms with Crippen LogP contribution in [0.15, 0.2) is 12.1 Å². The maximum atomic E-state index is 9.67. The quantitative estimate of drug-likeness (QED) is 0.876. The maximum Gasteiger partial charge on any atom is 0.379 e. The number of hydrogen-bond acceptors (Lipinski definition) is 4. The number of aliphatic hydroxyl groups is 1. The van der Waals surface area contributed by atoms with Crippen LogP contribution in [0.3, 0.4) is 0 Å². The first-order valence-electron chi connectivity index (χ1n) is 7.52. The molecule has 0 spiro atoms. The minimum Gasteiger partial charge on any atom is -0.481 e. The average Bonchev–Trinajstić information content (AvgIpc) is 2.53. The zero-order valence-corrected chi connectivity index (χ0v) is 13.1. The molecule has 0 aliphatic heterocycles. The van der Waals surface area contributed by atoms with Crippen LogP contribution < -0.4 is 10.5 Å². The van der Waals surface area contributed by atoms with E-state index in [1.54, 1.807) is 7.11 Å². The summed E-state index contributed by atoms with van der Waals surface area (Å²) in [5.74, 6) is 1.17. The lowest BCUT2D eigenvalue weighted by atomic mass is 9.89. The van der Waals surface area contributed by atoms with Gasteiger partial charge in [-0.05, 0) is 24.8 Å². The third-order valence-electron chi connectivity index (χ3n) is 3.67. The fourth-order valence-corrected chi connectivity index (χ4v) is 2.54. The van der Waals surface area contributed by atoms with Crippen molar-refractivity contribution < 1.29 is 23.0 Å². The van der Waals surface area contributed by atoms with Crippen molar-refractivity contribution in [2.45, 2.75) is 45.4 Å². The SMILES string of the molecule is COc1nc(CO)c(N)cc1/C=C/C1CCCCC1.FC(F)F. The van der Waals surface area contributed by atoms with Crippen LogP contribution >= 0.6 is 0 Å². The lowest BCUT2D eigenvalue weighted by molar-refractivity contribution is 0.00819. The molecule has 130 valence electrons. The molecular formula is C16H23F3N2O2. The van der Waals surface area contributed by atoms with Gasteiger partial charge in [0.1, 0.15) is 0 Å². The number of anilines is 1. The van der Waals surface area contributed by atoms with E-state index >= 15 is 0 Å². The minimum atomic E-state index is -3.67. The highest BCUT2D eigenvalue weighted by Crippen LogP contribution is 2.27. The van der Waals surface area contributed by atoms with Crippen molar-refractivity contribution in [3.8, 4) is 5.88 Å². The van der Waals surface area contributed by atoms with Gasteiger partial charge in [-0.1, -0.05) is 31.4 Å². The molecule has 0 atom stereocenters. The van der Waals surface area contributed by atoms with E-state index in [2.05, 4.69) is 11.1 Å². The predicted molar refractivity (Wildman–Crippen MR) is 83.8 cm³/mol. The van der Waals surface area contributed by atoms with Crippen molar-refractivity contribution in [3.63, 3.8) is 0 Å². The molecular weight excluding hydrogens is 309 g/mol. The molecule has 23 heavy (non-hydrogen) atoms. The fraction of sp³-hybridized carbons (Fsp3) is 0.562. The van der Waals surface area contributed by atoms with Gasteiger partial charge >= 0.3 is 6.68 Å². The smallest absolute Gasteiger partial charge is 0.379 e. The number of nitrogens with zero attached hydrogens (tertiary/aromatic N) is 1. The van der Waals surface area contributed by atoms with Crippen molar-refractivity contribution in [2.24, 2.45) is 5.92 Å². The summed E-state index contributed by atoms with van der Waals surface area (Å²) >= 11 is 0. The summed E-state index contributed by atoms with van der Waals surface area (Å²) in [7, 11) is 1.58. The topological polar surface area (TPSA) is 68.4 Å². The van der Waals surface area contributed by atoms with Crippen LogP contribution in [0.2, 0.25) is 0 Å². The van der Waals surface area contributed by atoms with Gasteiger partial charge in [0, 0.05) is 5.56 Å². The molecule has 1 heterocycles. The first-order chi connectivity index (χ1) is 11.0. The van der Waals surface area contributed by atoms with Crippen molar-refractivity contribution in [1.29, 1.82) is 0 Å². The van der Waals surface area contributed by atoms with Gasteiger partial charge in [0.2, 0.25) is 5.88 Å². The molecule has 1 saturated carbocycles. The molecule has 0 bridgehead atoms. The lowest BCUT2D eigenvalue weighted by Gasteiger charge is -2.18. The molecule has 1 aliphatic rings. The number of pyridine rings is 1. The summed E-state index contributed by atoms with van der Waals surface area (Å²) in [6, 6.07) is 1.82. The molecule has 0 amide bonds. The molecule has 2 rings (SSSR count). The Kier molecular flexibility index (Phi) is 8.47. The molecule has 1 fully saturated rings. The molecule has 0 saturated heterocycles. The molecule has 3 N–H and O–H groups in total. The Bertz CT molecular complexity index is 502. The summed E-state index contributed by atoms with van der Waals surface area (Å²) in [5.41, 5.74) is 7.70. The van der Waals surface area contributed by atoms with Gasteiger partial charge < -0.3 is 15.6 Å². The van der Waals surface area contributed by atoms with E-state index in [1.807, 2.05) is 12.1 Å². The van der Waals surface area contributed by atoms with Crippen LogP contribution in [0.5, 0.6) is 5.88 Å². The van der Waals surface area contributed by atoms with Gasteiger partial charge in [0.15, 0.2) is 0 Å². The number of rotatable bonds is 4. The number of allylic oxidation sites excluding steroid dienone is 1. The van der Waals surface area contributed by atoms with Crippen molar-refractivity contribution in [3.05, 3.63) is 23.4 Å². The second kappa shape index (κ2) is 10.1. The average molecular weight is 332 g/mol. The first kappa shape index (κ1) is 19.3. The number of alkyl halides is 3. The minimum absolute atomic E-state index is 0.172. The van der Waals surface area contributed by atoms with Crippen molar-refractivity contribution in [1.82, 2.24) is 4.98 Å². The first-order valence-corrected chi connectivity index (χ1v) is 7.52. The number of halogens is 3. The van der Waals surface area contributed by atoms with E-state index in [4.69, 9.17) is 15.6 Å². The molecule has 4 nitrogen and oxygen atoms in total. The third kappa shape index (κ3) is 6.90. The van der Waals surface area contributed by atoms with E-state index in [1.165, 1.54) is 32.1 Å². The van der Waals surface area contributed by atoms with Gasteiger partial charge in [-0.3, -0.25) is 0 Å². The van der Waals surface area contributed by atoms with E-state index < -0.39 is 6.68 Å². The molecule has 0 radical (unpaired) electrons. The molecule has 0 unspecified atom stereocenters. The predicted octanol–water partition coefficient (Wildman–Crippen LogP) is 3.94. The number of methoxy groups -OCH3 is 1.